The molecule has 1 saturated heterocycles. The maximum absolute atomic E-state index is 11.7. The molecule has 1 aliphatic rings. The number of hydrogen-bond acceptors (Lipinski definition) is 6. The first-order valence-electron chi connectivity index (χ1n) is 10.1. The molecule has 0 unspecified atom stereocenters. The Bertz CT molecular complexity index is 1050. The van der Waals surface area contributed by atoms with E-state index in [2.05, 4.69) is 15.7 Å². The van der Waals surface area contributed by atoms with E-state index in [1.165, 1.54) is 0 Å². The number of carbonyl (C=O) groups excluding carboxylic acids is 1. The van der Waals surface area contributed by atoms with Gasteiger partial charge in [-0.05, 0) is 24.3 Å². The normalized spacial score (nSPS) is 14.3. The number of carbonyl (C=O) groups is 1. The summed E-state index contributed by atoms with van der Waals surface area (Å²) < 4.78 is 5.48. The van der Waals surface area contributed by atoms with Crippen LogP contribution in [0.1, 0.15) is 18.5 Å². The van der Waals surface area contributed by atoms with Crippen LogP contribution >= 0.6 is 0 Å². The minimum absolute atomic E-state index is 0.116. The highest BCUT2D eigenvalue weighted by atomic mass is 16.3. The molecule has 1 amide bonds. The number of benzene rings is 1. The van der Waals surface area contributed by atoms with Crippen molar-refractivity contribution in [2.75, 3.05) is 37.6 Å². The van der Waals surface area contributed by atoms with Crippen molar-refractivity contribution in [2.24, 2.45) is 0 Å². The third-order valence-corrected chi connectivity index (χ3v) is 5.29. The molecule has 0 N–H and O–H groups in total. The van der Waals surface area contributed by atoms with Crippen molar-refractivity contribution in [3.05, 3.63) is 54.2 Å². The van der Waals surface area contributed by atoms with Gasteiger partial charge in [0.15, 0.2) is 0 Å². The lowest BCUT2D eigenvalue weighted by molar-refractivity contribution is -0.129. The largest absolute Gasteiger partial charge is 0.468 e. The summed E-state index contributed by atoms with van der Waals surface area (Å²) >= 11 is 0. The van der Waals surface area contributed by atoms with Crippen LogP contribution < -0.4 is 4.90 Å². The van der Waals surface area contributed by atoms with Gasteiger partial charge in [0.1, 0.15) is 17.4 Å². The molecule has 3 aromatic rings. The number of hydrogen-bond donors (Lipinski definition) is 0. The molecular weight excluding hydrogens is 378 g/mol. The van der Waals surface area contributed by atoms with Gasteiger partial charge in [0.05, 0.1) is 31.4 Å². The van der Waals surface area contributed by atoms with E-state index in [1.54, 1.807) is 13.2 Å². The fourth-order valence-electron chi connectivity index (χ4n) is 3.77. The van der Waals surface area contributed by atoms with Gasteiger partial charge in [0.25, 0.3) is 0 Å². The zero-order chi connectivity index (χ0) is 20.9. The Balaban J connectivity index is 1.61. The number of amides is 1. The molecule has 7 nitrogen and oxygen atoms in total. The van der Waals surface area contributed by atoms with E-state index in [9.17, 15) is 4.79 Å². The number of furan rings is 1. The van der Waals surface area contributed by atoms with Crippen LogP contribution in [0.15, 0.2) is 47.1 Å². The van der Waals surface area contributed by atoms with Gasteiger partial charge in [-0.1, -0.05) is 18.1 Å². The fraction of sp³-hybridized carbons (Fsp3) is 0.348. The zero-order valence-corrected chi connectivity index (χ0v) is 17.1. The molecule has 0 atom stereocenters. The predicted molar refractivity (Wildman–Crippen MR) is 116 cm³/mol. The van der Waals surface area contributed by atoms with Crippen LogP contribution in [-0.2, 0) is 17.9 Å². The van der Waals surface area contributed by atoms with Gasteiger partial charge in [-0.3, -0.25) is 9.69 Å². The summed E-state index contributed by atoms with van der Waals surface area (Å²) in [6.07, 6.45) is 7.24. The van der Waals surface area contributed by atoms with Crippen molar-refractivity contribution in [3.63, 3.8) is 0 Å². The Morgan fingerprint density at radius 3 is 2.63 bits per heavy atom. The van der Waals surface area contributed by atoms with Gasteiger partial charge in [-0.25, -0.2) is 9.97 Å². The van der Waals surface area contributed by atoms with Gasteiger partial charge >= 0.3 is 0 Å². The average Bonchev–Trinajstić information content (AvgIpc) is 3.26. The van der Waals surface area contributed by atoms with Crippen LogP contribution in [0.4, 0.5) is 5.82 Å². The van der Waals surface area contributed by atoms with Crippen molar-refractivity contribution in [1.29, 1.82) is 0 Å². The molecule has 2 aromatic heterocycles. The molecule has 0 aliphatic carbocycles. The SMILES string of the molecule is C#CCN(Cc1nc(N2CCN(C(C)=O)CC2)c2ccccc2n1)Cc1ccco1. The molecule has 0 spiro atoms. The zero-order valence-electron chi connectivity index (χ0n) is 17.1. The maximum Gasteiger partial charge on any atom is 0.219 e. The lowest BCUT2D eigenvalue weighted by Crippen LogP contribution is -2.48. The second kappa shape index (κ2) is 8.97. The third-order valence-electron chi connectivity index (χ3n) is 5.29. The van der Waals surface area contributed by atoms with Crippen LogP contribution in [0.25, 0.3) is 10.9 Å². The van der Waals surface area contributed by atoms with Crippen molar-refractivity contribution in [1.82, 2.24) is 19.8 Å². The van der Waals surface area contributed by atoms with E-state index < -0.39 is 0 Å². The second-order valence-electron chi connectivity index (χ2n) is 7.40. The standard InChI is InChI=1S/C23H25N5O2/c1-3-10-26(16-19-7-6-15-30-19)17-22-24-21-9-5-4-8-20(21)23(25-22)28-13-11-27(12-14-28)18(2)29/h1,4-9,15H,10-14,16-17H2,2H3. The van der Waals surface area contributed by atoms with Gasteiger partial charge in [-0.15, -0.1) is 6.42 Å². The Hall–Kier alpha value is -3.37. The number of fused-ring (bicyclic) bond motifs is 1. The number of terminal acetylenes is 1. The molecular formula is C23H25N5O2. The Kier molecular flexibility index (Phi) is 5.96. The molecule has 3 heterocycles. The topological polar surface area (TPSA) is 65.7 Å². The van der Waals surface area contributed by atoms with E-state index in [0.29, 0.717) is 32.7 Å². The maximum atomic E-state index is 11.7. The average molecular weight is 403 g/mol. The molecule has 0 radical (unpaired) electrons. The van der Waals surface area contributed by atoms with E-state index >= 15 is 0 Å². The van der Waals surface area contributed by atoms with Crippen molar-refractivity contribution in [2.45, 2.75) is 20.0 Å². The number of anilines is 1. The Morgan fingerprint density at radius 1 is 1.13 bits per heavy atom. The lowest BCUT2D eigenvalue weighted by Gasteiger charge is -2.35. The highest BCUT2D eigenvalue weighted by molar-refractivity contribution is 5.89. The molecule has 154 valence electrons. The number of rotatable bonds is 6. The van der Waals surface area contributed by atoms with Crippen LogP contribution in [0.5, 0.6) is 0 Å². The second-order valence-corrected chi connectivity index (χ2v) is 7.40. The quantitative estimate of drug-likeness (QED) is 0.590. The summed E-state index contributed by atoms with van der Waals surface area (Å²) in [5.74, 6) is 5.32. The molecule has 30 heavy (non-hydrogen) atoms. The first-order valence-corrected chi connectivity index (χ1v) is 10.1. The van der Waals surface area contributed by atoms with Gasteiger partial charge in [0.2, 0.25) is 5.91 Å². The summed E-state index contributed by atoms with van der Waals surface area (Å²) in [5, 5.41) is 1.02. The summed E-state index contributed by atoms with van der Waals surface area (Å²) in [4.78, 5) is 27.6. The minimum atomic E-state index is 0.116. The molecule has 1 fully saturated rings. The molecule has 0 saturated carbocycles. The van der Waals surface area contributed by atoms with E-state index in [0.717, 1.165) is 41.4 Å². The molecule has 7 heteroatoms. The Labute approximate surface area is 176 Å². The van der Waals surface area contributed by atoms with Crippen LogP contribution in [-0.4, -0.2) is 58.4 Å². The van der Waals surface area contributed by atoms with Crippen LogP contribution in [0, 0.1) is 12.3 Å². The number of nitrogens with zero attached hydrogens (tertiary/aromatic N) is 5. The van der Waals surface area contributed by atoms with Gasteiger partial charge in [0, 0.05) is 38.5 Å². The summed E-state index contributed by atoms with van der Waals surface area (Å²) in [6, 6.07) is 11.8. The molecule has 1 aliphatic heterocycles. The van der Waals surface area contributed by atoms with Crippen molar-refractivity contribution in [3.8, 4) is 12.3 Å². The first-order chi connectivity index (χ1) is 14.6. The van der Waals surface area contributed by atoms with Crippen molar-refractivity contribution >= 4 is 22.6 Å². The third kappa shape index (κ3) is 4.44. The van der Waals surface area contributed by atoms with Gasteiger partial charge < -0.3 is 14.2 Å². The number of para-hydroxylation sites is 1. The summed E-state index contributed by atoms with van der Waals surface area (Å²) in [7, 11) is 0. The number of aromatic nitrogens is 2. The smallest absolute Gasteiger partial charge is 0.219 e. The predicted octanol–water partition coefficient (Wildman–Crippen LogP) is 2.53. The number of piperazine rings is 1. The molecule has 0 bridgehead atoms. The fourth-order valence-corrected chi connectivity index (χ4v) is 3.77. The Morgan fingerprint density at radius 2 is 1.93 bits per heavy atom. The van der Waals surface area contributed by atoms with Crippen molar-refractivity contribution < 1.29 is 9.21 Å². The monoisotopic (exact) mass is 403 g/mol. The highest BCUT2D eigenvalue weighted by Gasteiger charge is 2.22. The minimum Gasteiger partial charge on any atom is -0.468 e. The van der Waals surface area contributed by atoms with E-state index in [4.69, 9.17) is 20.8 Å². The molecule has 1 aromatic carbocycles. The summed E-state index contributed by atoms with van der Waals surface area (Å²) in [5.41, 5.74) is 0.908. The van der Waals surface area contributed by atoms with Crippen LogP contribution in [0.2, 0.25) is 0 Å². The van der Waals surface area contributed by atoms with E-state index in [1.807, 2.05) is 41.3 Å². The van der Waals surface area contributed by atoms with E-state index in [-0.39, 0.29) is 5.91 Å². The molecule has 4 rings (SSSR count). The first kappa shape index (κ1) is 19.9. The van der Waals surface area contributed by atoms with Gasteiger partial charge in [-0.2, -0.15) is 0 Å². The highest BCUT2D eigenvalue weighted by Crippen LogP contribution is 2.25. The lowest BCUT2D eigenvalue weighted by atomic mass is 10.2. The van der Waals surface area contributed by atoms with Crippen LogP contribution in [0.3, 0.4) is 0 Å². The summed E-state index contributed by atoms with van der Waals surface area (Å²) in [6.45, 7) is 6.11.